The highest BCUT2D eigenvalue weighted by atomic mass is 16.2. The van der Waals surface area contributed by atoms with E-state index >= 15 is 0 Å². The Labute approximate surface area is 181 Å². The molecule has 1 aromatic heterocycles. The number of carbonyl (C=O) groups excluding carboxylic acids is 1. The van der Waals surface area contributed by atoms with Crippen LogP contribution in [0.2, 0.25) is 0 Å². The molecule has 1 atom stereocenters. The normalized spacial score (nSPS) is 22.5. The summed E-state index contributed by atoms with van der Waals surface area (Å²) in [5.41, 5.74) is 4.70. The fourth-order valence-electron chi connectivity index (χ4n) is 5.03. The van der Waals surface area contributed by atoms with E-state index in [1.807, 2.05) is 15.7 Å². The Balaban J connectivity index is 1.43. The third-order valence-corrected chi connectivity index (χ3v) is 6.91. The van der Waals surface area contributed by atoms with Crippen LogP contribution in [0.15, 0.2) is 24.3 Å². The Morgan fingerprint density at radius 3 is 2.83 bits per heavy atom. The molecule has 1 aliphatic heterocycles. The number of piperazine rings is 1. The van der Waals surface area contributed by atoms with Crippen LogP contribution >= 0.6 is 0 Å². The van der Waals surface area contributed by atoms with Gasteiger partial charge >= 0.3 is 0 Å². The maximum Gasteiger partial charge on any atom is 0.274 e. The van der Waals surface area contributed by atoms with Gasteiger partial charge in [-0.1, -0.05) is 17.7 Å². The van der Waals surface area contributed by atoms with E-state index in [1.54, 1.807) is 5.57 Å². The minimum atomic E-state index is 0.107. The van der Waals surface area contributed by atoms with Crippen molar-refractivity contribution in [3.63, 3.8) is 0 Å². The first-order valence-corrected chi connectivity index (χ1v) is 11.7. The van der Waals surface area contributed by atoms with Crippen molar-refractivity contribution in [1.82, 2.24) is 24.9 Å². The average Bonchev–Trinajstić information content (AvgIpc) is 3.13. The topological polar surface area (TPSA) is 53.4 Å². The van der Waals surface area contributed by atoms with Gasteiger partial charge in [0.15, 0.2) is 5.69 Å². The summed E-state index contributed by atoms with van der Waals surface area (Å²) in [7, 11) is 2.11. The maximum atomic E-state index is 13.3. The zero-order chi connectivity index (χ0) is 20.9. The quantitative estimate of drug-likeness (QED) is 0.701. The molecule has 0 bridgehead atoms. The third-order valence-electron chi connectivity index (χ3n) is 6.91. The van der Waals surface area contributed by atoms with Crippen LogP contribution in [0.1, 0.15) is 60.3 Å². The average molecular weight is 412 g/mol. The number of rotatable bonds is 7. The number of fused-ring (bicyclic) bond motifs is 1. The summed E-state index contributed by atoms with van der Waals surface area (Å²) < 4.78 is 2.01. The molecule has 6 heteroatoms. The largest absolute Gasteiger partial charge is 0.335 e. The summed E-state index contributed by atoms with van der Waals surface area (Å²) in [6.07, 6.45) is 13.7. The van der Waals surface area contributed by atoms with E-state index in [0.29, 0.717) is 18.3 Å². The fraction of sp³-hybridized carbons (Fsp3) is 0.667. The van der Waals surface area contributed by atoms with Crippen LogP contribution in [-0.2, 0) is 19.4 Å². The second kappa shape index (κ2) is 9.92. The van der Waals surface area contributed by atoms with Gasteiger partial charge in [0, 0.05) is 43.5 Å². The SMILES string of the molecule is C=CCn1nc(C(=O)N2CCN(C)CC2)c2c1CCC(NCCC1=CCCCC1)C2. The van der Waals surface area contributed by atoms with Crippen molar-refractivity contribution in [2.24, 2.45) is 0 Å². The first kappa shape index (κ1) is 21.3. The Hall–Kier alpha value is -1.92. The molecule has 4 rings (SSSR count). The third kappa shape index (κ3) is 4.86. The van der Waals surface area contributed by atoms with Gasteiger partial charge in [-0.05, 0) is 65.0 Å². The highest BCUT2D eigenvalue weighted by Gasteiger charge is 2.31. The number of aromatic nitrogens is 2. The lowest BCUT2D eigenvalue weighted by Gasteiger charge is -2.32. The van der Waals surface area contributed by atoms with Crippen LogP contribution in [0.5, 0.6) is 0 Å². The molecule has 0 saturated carbocycles. The van der Waals surface area contributed by atoms with E-state index in [4.69, 9.17) is 5.10 Å². The van der Waals surface area contributed by atoms with E-state index in [9.17, 15) is 4.79 Å². The number of carbonyl (C=O) groups is 1. The van der Waals surface area contributed by atoms with Crippen molar-refractivity contribution in [1.29, 1.82) is 0 Å². The van der Waals surface area contributed by atoms with Crippen molar-refractivity contribution in [3.05, 3.63) is 41.3 Å². The summed E-state index contributed by atoms with van der Waals surface area (Å²) in [5.74, 6) is 0.107. The van der Waals surface area contributed by atoms with E-state index in [0.717, 1.165) is 58.4 Å². The van der Waals surface area contributed by atoms with E-state index in [1.165, 1.54) is 36.9 Å². The van der Waals surface area contributed by atoms with Gasteiger partial charge in [-0.3, -0.25) is 9.48 Å². The van der Waals surface area contributed by atoms with E-state index in [-0.39, 0.29) is 5.91 Å². The lowest BCUT2D eigenvalue weighted by Crippen LogP contribution is -2.47. The van der Waals surface area contributed by atoms with Crippen molar-refractivity contribution in [3.8, 4) is 0 Å². The van der Waals surface area contributed by atoms with Gasteiger partial charge in [0.2, 0.25) is 0 Å². The Kier molecular flexibility index (Phi) is 7.05. The second-order valence-electron chi connectivity index (χ2n) is 9.09. The highest BCUT2D eigenvalue weighted by Crippen LogP contribution is 2.27. The summed E-state index contributed by atoms with van der Waals surface area (Å²) in [4.78, 5) is 17.6. The number of likely N-dealkylation sites (N-methyl/N-ethyl adjacent to an activating group) is 1. The zero-order valence-corrected chi connectivity index (χ0v) is 18.5. The predicted molar refractivity (Wildman–Crippen MR) is 121 cm³/mol. The molecule has 3 aliphatic rings. The van der Waals surface area contributed by atoms with Crippen LogP contribution in [0, 0.1) is 0 Å². The maximum absolute atomic E-state index is 13.3. The number of nitrogens with one attached hydrogen (secondary N) is 1. The van der Waals surface area contributed by atoms with Gasteiger partial charge in [0.1, 0.15) is 0 Å². The molecular weight excluding hydrogens is 374 g/mol. The smallest absolute Gasteiger partial charge is 0.274 e. The second-order valence-corrected chi connectivity index (χ2v) is 9.09. The minimum absolute atomic E-state index is 0.107. The lowest BCUT2D eigenvalue weighted by atomic mass is 9.90. The Bertz CT molecular complexity index is 788. The van der Waals surface area contributed by atoms with E-state index in [2.05, 4.69) is 29.9 Å². The molecule has 6 nitrogen and oxygen atoms in total. The summed E-state index contributed by atoms with van der Waals surface area (Å²) in [6, 6.07) is 0.433. The van der Waals surface area contributed by atoms with Crippen LogP contribution in [0.25, 0.3) is 0 Å². The number of hydrogen-bond acceptors (Lipinski definition) is 4. The first-order valence-electron chi connectivity index (χ1n) is 11.7. The standard InChI is InChI=1S/C24H37N5O/c1-3-13-29-22-10-9-20(25-12-11-19-7-5-4-6-8-19)18-21(22)23(26-29)24(30)28-16-14-27(2)15-17-28/h3,7,20,25H,1,4-6,8-18H2,2H3. The molecule has 0 aromatic carbocycles. The van der Waals surface area contributed by atoms with Gasteiger partial charge in [0.05, 0.1) is 6.54 Å². The van der Waals surface area contributed by atoms with Crippen molar-refractivity contribution in [2.75, 3.05) is 39.8 Å². The first-order chi connectivity index (χ1) is 14.7. The summed E-state index contributed by atoms with van der Waals surface area (Å²) in [6.45, 7) is 9.02. The van der Waals surface area contributed by atoms with Gasteiger partial charge in [0.25, 0.3) is 5.91 Å². The molecule has 30 heavy (non-hydrogen) atoms. The molecule has 164 valence electrons. The molecule has 1 aromatic rings. The molecule has 1 saturated heterocycles. The van der Waals surface area contributed by atoms with Crippen molar-refractivity contribution < 1.29 is 4.79 Å². The van der Waals surface area contributed by atoms with Crippen LogP contribution < -0.4 is 5.32 Å². The Morgan fingerprint density at radius 2 is 2.10 bits per heavy atom. The van der Waals surface area contributed by atoms with Crippen molar-refractivity contribution in [2.45, 2.75) is 64.0 Å². The number of nitrogens with zero attached hydrogens (tertiary/aromatic N) is 4. The minimum Gasteiger partial charge on any atom is -0.335 e. The highest BCUT2D eigenvalue weighted by molar-refractivity contribution is 5.94. The molecule has 1 fully saturated rings. The van der Waals surface area contributed by atoms with Gasteiger partial charge in [-0.15, -0.1) is 6.58 Å². The van der Waals surface area contributed by atoms with E-state index < -0.39 is 0 Å². The van der Waals surface area contributed by atoms with Gasteiger partial charge < -0.3 is 15.1 Å². The van der Waals surface area contributed by atoms with Gasteiger partial charge in [-0.25, -0.2) is 0 Å². The molecule has 2 heterocycles. The molecule has 1 N–H and O–H groups in total. The fourth-order valence-corrected chi connectivity index (χ4v) is 5.03. The zero-order valence-electron chi connectivity index (χ0n) is 18.5. The Morgan fingerprint density at radius 1 is 1.27 bits per heavy atom. The number of allylic oxidation sites excluding steroid dienone is 2. The molecule has 0 radical (unpaired) electrons. The van der Waals surface area contributed by atoms with Crippen LogP contribution in [-0.4, -0.2) is 71.3 Å². The predicted octanol–water partition coefficient (Wildman–Crippen LogP) is 2.79. The van der Waals surface area contributed by atoms with Gasteiger partial charge in [-0.2, -0.15) is 5.10 Å². The lowest BCUT2D eigenvalue weighted by molar-refractivity contribution is 0.0656. The molecule has 2 aliphatic carbocycles. The summed E-state index contributed by atoms with van der Waals surface area (Å²) >= 11 is 0. The molecular formula is C24H37N5O. The molecule has 1 unspecified atom stereocenters. The number of amides is 1. The van der Waals surface area contributed by atoms with Crippen molar-refractivity contribution >= 4 is 5.91 Å². The summed E-state index contributed by atoms with van der Waals surface area (Å²) in [5, 5.41) is 8.54. The van der Waals surface area contributed by atoms with Crippen LogP contribution in [0.4, 0.5) is 0 Å². The molecule has 1 amide bonds. The van der Waals surface area contributed by atoms with Crippen LogP contribution in [0.3, 0.4) is 0 Å². The molecule has 0 spiro atoms. The monoisotopic (exact) mass is 411 g/mol. The number of hydrogen-bond donors (Lipinski definition) is 1.